The van der Waals surface area contributed by atoms with Gasteiger partial charge in [0.05, 0.1) is 7.11 Å². The summed E-state index contributed by atoms with van der Waals surface area (Å²) in [6, 6.07) is 3.46. The van der Waals surface area contributed by atoms with Gasteiger partial charge in [-0.15, -0.1) is 11.3 Å². The SMILES string of the molecule is COC(=O)c1sccc1S(=O)(=O)N1CCN(c2nc(C)cc(N3CCN(C)CC3)n2)CC1. The molecule has 32 heavy (non-hydrogen) atoms. The van der Waals surface area contributed by atoms with Gasteiger partial charge in [-0.2, -0.15) is 9.29 Å². The Morgan fingerprint density at radius 1 is 1.03 bits per heavy atom. The van der Waals surface area contributed by atoms with Gasteiger partial charge in [0.25, 0.3) is 0 Å². The van der Waals surface area contributed by atoms with Gasteiger partial charge >= 0.3 is 5.97 Å². The van der Waals surface area contributed by atoms with Gasteiger partial charge < -0.3 is 19.4 Å². The van der Waals surface area contributed by atoms with Crippen LogP contribution >= 0.6 is 11.3 Å². The first-order chi connectivity index (χ1) is 15.3. The van der Waals surface area contributed by atoms with Crippen LogP contribution < -0.4 is 9.80 Å². The standard InChI is InChI=1S/C20H28N6O4S2/c1-15-14-17(24-7-5-23(2)6-8-24)22-20(21-15)25-9-11-26(12-10-25)32(28,29)16-4-13-31-18(16)19(27)30-3/h4,13-14H,5-12H2,1-3H3. The highest BCUT2D eigenvalue weighted by molar-refractivity contribution is 7.89. The van der Waals surface area contributed by atoms with Crippen LogP contribution in [-0.2, 0) is 14.8 Å². The number of methoxy groups -OCH3 is 1. The van der Waals surface area contributed by atoms with Crippen molar-refractivity contribution in [2.75, 3.05) is 76.3 Å². The monoisotopic (exact) mass is 480 g/mol. The zero-order chi connectivity index (χ0) is 22.9. The van der Waals surface area contributed by atoms with E-state index in [-0.39, 0.29) is 9.77 Å². The molecule has 4 rings (SSSR count). The second kappa shape index (κ2) is 9.30. The number of nitrogens with zero attached hydrogens (tertiary/aromatic N) is 6. The van der Waals surface area contributed by atoms with Crippen LogP contribution in [0.2, 0.25) is 0 Å². The summed E-state index contributed by atoms with van der Waals surface area (Å²) in [4.78, 5) is 28.0. The van der Waals surface area contributed by atoms with Crippen LogP contribution in [0.15, 0.2) is 22.4 Å². The quantitative estimate of drug-likeness (QED) is 0.578. The Labute approximate surface area is 192 Å². The fraction of sp³-hybridized carbons (Fsp3) is 0.550. The Bertz CT molecular complexity index is 1070. The fourth-order valence-corrected chi connectivity index (χ4v) is 6.62. The first kappa shape index (κ1) is 22.9. The summed E-state index contributed by atoms with van der Waals surface area (Å²) in [5, 5.41) is 1.59. The first-order valence-corrected chi connectivity index (χ1v) is 12.8. The molecule has 174 valence electrons. The summed E-state index contributed by atoms with van der Waals surface area (Å²) in [6.45, 7) is 7.31. The van der Waals surface area contributed by atoms with E-state index in [0.29, 0.717) is 32.1 Å². The van der Waals surface area contributed by atoms with E-state index in [1.165, 1.54) is 17.5 Å². The molecule has 0 bridgehead atoms. The zero-order valence-electron chi connectivity index (χ0n) is 18.5. The molecule has 0 radical (unpaired) electrons. The molecule has 2 aliphatic heterocycles. The molecular weight excluding hydrogens is 452 g/mol. The number of ether oxygens (including phenoxy) is 1. The van der Waals surface area contributed by atoms with E-state index in [1.54, 1.807) is 5.38 Å². The molecule has 0 spiro atoms. The molecule has 0 aliphatic carbocycles. The van der Waals surface area contributed by atoms with Crippen LogP contribution in [0.4, 0.5) is 11.8 Å². The van der Waals surface area contributed by atoms with Crippen LogP contribution in [-0.4, -0.2) is 100 Å². The zero-order valence-corrected chi connectivity index (χ0v) is 20.2. The molecule has 2 fully saturated rings. The Morgan fingerprint density at radius 2 is 1.69 bits per heavy atom. The minimum Gasteiger partial charge on any atom is -0.465 e. The molecule has 2 aromatic rings. The minimum absolute atomic E-state index is 0.00644. The number of aryl methyl sites for hydroxylation is 1. The van der Waals surface area contributed by atoms with Gasteiger partial charge in [0, 0.05) is 64.1 Å². The summed E-state index contributed by atoms with van der Waals surface area (Å²) in [6.07, 6.45) is 0. The third-order valence-corrected chi connectivity index (χ3v) is 8.76. The van der Waals surface area contributed by atoms with Crippen LogP contribution in [0.3, 0.4) is 0 Å². The smallest absolute Gasteiger partial charge is 0.349 e. The molecule has 12 heteroatoms. The number of thiophene rings is 1. The van der Waals surface area contributed by atoms with Crippen LogP contribution in [0, 0.1) is 6.92 Å². The highest BCUT2D eigenvalue weighted by Gasteiger charge is 2.33. The molecule has 2 aliphatic rings. The van der Waals surface area contributed by atoms with Crippen LogP contribution in [0.5, 0.6) is 0 Å². The van der Waals surface area contributed by atoms with E-state index in [1.807, 2.05) is 17.9 Å². The Morgan fingerprint density at radius 3 is 2.34 bits per heavy atom. The van der Waals surface area contributed by atoms with E-state index in [4.69, 9.17) is 9.72 Å². The van der Waals surface area contributed by atoms with Gasteiger partial charge in [0.1, 0.15) is 15.6 Å². The minimum atomic E-state index is -3.79. The summed E-state index contributed by atoms with van der Waals surface area (Å²) in [5.41, 5.74) is 0.889. The molecule has 4 heterocycles. The molecule has 0 aromatic carbocycles. The van der Waals surface area contributed by atoms with Crippen molar-refractivity contribution >= 4 is 39.1 Å². The first-order valence-electron chi connectivity index (χ1n) is 10.5. The maximum absolute atomic E-state index is 13.1. The predicted octanol–water partition coefficient (Wildman–Crippen LogP) is 0.896. The van der Waals surface area contributed by atoms with E-state index in [0.717, 1.165) is 49.0 Å². The van der Waals surface area contributed by atoms with Crippen LogP contribution in [0.1, 0.15) is 15.4 Å². The van der Waals surface area contributed by atoms with Crippen molar-refractivity contribution in [3.63, 3.8) is 0 Å². The molecule has 0 saturated carbocycles. The number of carbonyl (C=O) groups is 1. The molecule has 0 N–H and O–H groups in total. The molecular formula is C20H28N6O4S2. The second-order valence-corrected chi connectivity index (χ2v) is 10.8. The van der Waals surface area contributed by atoms with Gasteiger partial charge in [0.15, 0.2) is 0 Å². The number of hydrogen-bond acceptors (Lipinski definition) is 10. The third kappa shape index (κ3) is 4.58. The molecule has 0 atom stereocenters. The number of aromatic nitrogens is 2. The number of likely N-dealkylation sites (N-methyl/N-ethyl adjacent to an activating group) is 1. The van der Waals surface area contributed by atoms with Gasteiger partial charge in [-0.05, 0) is 25.4 Å². The van der Waals surface area contributed by atoms with Crippen molar-refractivity contribution < 1.29 is 17.9 Å². The van der Waals surface area contributed by atoms with Gasteiger partial charge in [0.2, 0.25) is 16.0 Å². The lowest BCUT2D eigenvalue weighted by Gasteiger charge is -2.36. The second-order valence-electron chi connectivity index (χ2n) is 7.95. The Balaban J connectivity index is 1.47. The topological polar surface area (TPSA) is 99.2 Å². The van der Waals surface area contributed by atoms with Crippen molar-refractivity contribution in [3.8, 4) is 0 Å². The summed E-state index contributed by atoms with van der Waals surface area (Å²) >= 11 is 1.07. The van der Waals surface area contributed by atoms with Crippen molar-refractivity contribution in [1.29, 1.82) is 0 Å². The van der Waals surface area contributed by atoms with Gasteiger partial charge in [-0.25, -0.2) is 18.2 Å². The lowest BCUT2D eigenvalue weighted by molar-refractivity contribution is 0.0602. The average molecular weight is 481 g/mol. The summed E-state index contributed by atoms with van der Waals surface area (Å²) in [7, 11) is -0.424. The van der Waals surface area contributed by atoms with Crippen LogP contribution in [0.25, 0.3) is 0 Å². The Hall–Kier alpha value is -2.28. The lowest BCUT2D eigenvalue weighted by Crippen LogP contribution is -2.49. The van der Waals surface area contributed by atoms with Gasteiger partial charge in [-0.3, -0.25) is 0 Å². The third-order valence-electron chi connectivity index (χ3n) is 5.80. The number of rotatable bonds is 5. The highest BCUT2D eigenvalue weighted by Crippen LogP contribution is 2.27. The maximum Gasteiger partial charge on any atom is 0.349 e. The lowest BCUT2D eigenvalue weighted by atomic mass is 10.3. The molecule has 2 aromatic heterocycles. The van der Waals surface area contributed by atoms with E-state index in [2.05, 4.69) is 21.8 Å². The molecule has 0 unspecified atom stereocenters. The number of hydrogen-bond donors (Lipinski definition) is 0. The molecule has 10 nitrogen and oxygen atoms in total. The van der Waals surface area contributed by atoms with E-state index >= 15 is 0 Å². The highest BCUT2D eigenvalue weighted by atomic mass is 32.2. The van der Waals surface area contributed by atoms with Crippen molar-refractivity contribution in [1.82, 2.24) is 19.2 Å². The number of carbonyl (C=O) groups excluding carboxylic acids is 1. The summed E-state index contributed by atoms with van der Waals surface area (Å²) < 4.78 is 32.4. The van der Waals surface area contributed by atoms with Crippen molar-refractivity contribution in [3.05, 3.63) is 28.1 Å². The van der Waals surface area contributed by atoms with Crippen molar-refractivity contribution in [2.45, 2.75) is 11.8 Å². The number of esters is 1. The maximum atomic E-state index is 13.1. The van der Waals surface area contributed by atoms with E-state index < -0.39 is 16.0 Å². The molecule has 0 amide bonds. The fourth-order valence-electron chi connectivity index (χ4n) is 3.89. The molecule has 2 saturated heterocycles. The van der Waals surface area contributed by atoms with Gasteiger partial charge in [-0.1, -0.05) is 0 Å². The Kier molecular flexibility index (Phi) is 6.65. The average Bonchev–Trinajstić information content (AvgIpc) is 3.30. The number of sulfonamides is 1. The predicted molar refractivity (Wildman–Crippen MR) is 123 cm³/mol. The van der Waals surface area contributed by atoms with E-state index in [9.17, 15) is 13.2 Å². The number of piperazine rings is 2. The normalized spacial score (nSPS) is 18.7. The summed E-state index contributed by atoms with van der Waals surface area (Å²) in [5.74, 6) is 0.903. The number of anilines is 2. The van der Waals surface area contributed by atoms with Crippen molar-refractivity contribution in [2.24, 2.45) is 0 Å². The largest absolute Gasteiger partial charge is 0.465 e.